The molecule has 1 N–H and O–H groups in total. The van der Waals surface area contributed by atoms with Gasteiger partial charge in [-0.25, -0.2) is 4.79 Å². The zero-order chi connectivity index (χ0) is 7.40. The summed E-state index contributed by atoms with van der Waals surface area (Å²) in [5.41, 5.74) is 0. The molecule has 0 amide bonds. The van der Waals surface area contributed by atoms with Crippen molar-refractivity contribution in [2.75, 3.05) is 0 Å². The predicted molar refractivity (Wildman–Crippen MR) is 43.1 cm³/mol. The molecular weight excluding hydrogens is 172 g/mol. The zero-order valence-corrected chi connectivity index (χ0v) is 8.07. The van der Waals surface area contributed by atoms with E-state index in [4.69, 9.17) is 5.11 Å². The quantitative estimate of drug-likeness (QED) is 0.405. The molecule has 0 bridgehead atoms. The summed E-state index contributed by atoms with van der Waals surface area (Å²) < 4.78 is 4.33. The fraction of sp³-hybridized carbons (Fsp3) is 0. The summed E-state index contributed by atoms with van der Waals surface area (Å²) >= 11 is 0. The number of hydrogen-bond acceptors (Lipinski definition) is 2. The van der Waals surface area contributed by atoms with E-state index in [1.54, 1.807) is 30.3 Å². The normalized spacial score (nSPS) is 8.00. The Balaban J connectivity index is -0.000000333. The van der Waals surface area contributed by atoms with E-state index in [2.05, 4.69) is 4.74 Å². The van der Waals surface area contributed by atoms with Gasteiger partial charge in [0.15, 0.2) is 0 Å². The van der Waals surface area contributed by atoms with Crippen LogP contribution in [0.15, 0.2) is 30.3 Å². The van der Waals surface area contributed by atoms with E-state index in [1.807, 2.05) is 0 Å². The molecule has 3 nitrogen and oxygen atoms in total. The molecule has 0 aliphatic rings. The first-order chi connectivity index (χ1) is 4.79. The van der Waals surface area contributed by atoms with Gasteiger partial charge in [0.2, 0.25) is 0 Å². The number of rotatable bonds is 1. The van der Waals surface area contributed by atoms with Crippen molar-refractivity contribution in [3.63, 3.8) is 0 Å². The number of carbonyl (C=O) groups is 1. The number of ether oxygens (including phenoxy) is 1. The fourth-order valence-corrected chi connectivity index (χ4v) is 0.589. The molecule has 0 radical (unpaired) electrons. The molecular formula is C7H8CaO3. The van der Waals surface area contributed by atoms with E-state index < -0.39 is 6.16 Å². The number of benzene rings is 1. The van der Waals surface area contributed by atoms with Crippen molar-refractivity contribution in [1.29, 1.82) is 0 Å². The van der Waals surface area contributed by atoms with Gasteiger partial charge in [0.25, 0.3) is 0 Å². The van der Waals surface area contributed by atoms with Gasteiger partial charge < -0.3 is 12.7 Å². The van der Waals surface area contributed by atoms with Crippen LogP contribution in [0.1, 0.15) is 2.85 Å². The molecule has 1 aromatic carbocycles. The van der Waals surface area contributed by atoms with E-state index in [-0.39, 0.29) is 40.6 Å². The SMILES string of the molecule is O=C(O)Oc1ccccc1.[Ca+2].[H-].[H-]. The van der Waals surface area contributed by atoms with Crippen LogP contribution in [0.25, 0.3) is 0 Å². The Morgan fingerprint density at radius 1 is 1.36 bits per heavy atom. The van der Waals surface area contributed by atoms with Crippen LogP contribution in [-0.4, -0.2) is 49.0 Å². The maximum atomic E-state index is 9.95. The third-order valence-corrected chi connectivity index (χ3v) is 0.948. The Hall–Kier alpha value is -0.250. The summed E-state index contributed by atoms with van der Waals surface area (Å²) in [6.45, 7) is 0. The Morgan fingerprint density at radius 3 is 2.36 bits per heavy atom. The van der Waals surface area contributed by atoms with Gasteiger partial charge in [0, 0.05) is 0 Å². The first-order valence-electron chi connectivity index (χ1n) is 2.75. The summed E-state index contributed by atoms with van der Waals surface area (Å²) in [7, 11) is 0. The molecule has 0 saturated carbocycles. The molecule has 0 aliphatic carbocycles. The minimum atomic E-state index is -1.29. The fourth-order valence-electron chi connectivity index (χ4n) is 0.589. The van der Waals surface area contributed by atoms with Crippen LogP contribution in [0.3, 0.4) is 0 Å². The molecule has 0 atom stereocenters. The van der Waals surface area contributed by atoms with Crippen LogP contribution in [0.2, 0.25) is 0 Å². The van der Waals surface area contributed by atoms with Gasteiger partial charge in [-0.05, 0) is 12.1 Å². The molecule has 0 unspecified atom stereocenters. The van der Waals surface area contributed by atoms with Crippen molar-refractivity contribution in [3.05, 3.63) is 30.3 Å². The maximum Gasteiger partial charge on any atom is 2.00 e. The van der Waals surface area contributed by atoms with E-state index in [0.29, 0.717) is 5.75 Å². The van der Waals surface area contributed by atoms with Crippen molar-refractivity contribution in [3.8, 4) is 5.75 Å². The second-order valence-corrected chi connectivity index (χ2v) is 1.68. The van der Waals surface area contributed by atoms with Gasteiger partial charge in [0.05, 0.1) is 0 Å². The first kappa shape index (κ1) is 10.7. The molecule has 0 heterocycles. The minimum Gasteiger partial charge on any atom is -1.00 e. The molecule has 0 aliphatic heterocycles. The van der Waals surface area contributed by atoms with Gasteiger partial charge in [-0.3, -0.25) is 0 Å². The summed E-state index contributed by atoms with van der Waals surface area (Å²) in [5, 5.41) is 8.14. The Bertz CT molecular complexity index is 230. The number of carboxylic acid groups (broad SMARTS) is 1. The smallest absolute Gasteiger partial charge is 1.00 e. The topological polar surface area (TPSA) is 46.5 Å². The zero-order valence-electron chi connectivity index (χ0n) is 7.86. The number of para-hydroxylation sites is 1. The van der Waals surface area contributed by atoms with Gasteiger partial charge in [-0.1, -0.05) is 18.2 Å². The Kier molecular flexibility index (Phi) is 5.28. The molecule has 1 rings (SSSR count). The van der Waals surface area contributed by atoms with Crippen LogP contribution in [0.5, 0.6) is 5.75 Å². The molecule has 1 aromatic rings. The maximum absolute atomic E-state index is 9.95. The average molecular weight is 180 g/mol. The van der Waals surface area contributed by atoms with Crippen molar-refractivity contribution in [2.24, 2.45) is 0 Å². The van der Waals surface area contributed by atoms with Crippen molar-refractivity contribution in [1.82, 2.24) is 0 Å². The van der Waals surface area contributed by atoms with Gasteiger partial charge in [0.1, 0.15) is 5.75 Å². The molecule has 0 aromatic heterocycles. The first-order valence-corrected chi connectivity index (χ1v) is 2.75. The Morgan fingerprint density at radius 2 is 1.91 bits per heavy atom. The summed E-state index contributed by atoms with van der Waals surface area (Å²) in [6.07, 6.45) is -1.29. The van der Waals surface area contributed by atoms with Crippen LogP contribution >= 0.6 is 0 Å². The van der Waals surface area contributed by atoms with Gasteiger partial charge >= 0.3 is 43.9 Å². The molecule has 0 saturated heterocycles. The van der Waals surface area contributed by atoms with Gasteiger partial charge in [-0.15, -0.1) is 0 Å². The number of hydrogen-bond donors (Lipinski definition) is 1. The molecule has 56 valence electrons. The Labute approximate surface area is 97.0 Å². The molecule has 11 heavy (non-hydrogen) atoms. The molecule has 0 fully saturated rings. The standard InChI is InChI=1S/C7H6O3.Ca.2H/c8-7(9)10-6-4-2-1-3-5-6;;;/h1-5H,(H,8,9);;;/q;+2;2*-1. The predicted octanol–water partition coefficient (Wildman–Crippen LogP) is 1.59. The summed E-state index contributed by atoms with van der Waals surface area (Å²) in [5.74, 6) is 0.343. The third-order valence-electron chi connectivity index (χ3n) is 0.948. The average Bonchev–Trinajstić information content (AvgIpc) is 1.88. The second-order valence-electron chi connectivity index (χ2n) is 1.68. The monoisotopic (exact) mass is 180 g/mol. The van der Waals surface area contributed by atoms with Crippen molar-refractivity contribution in [2.45, 2.75) is 0 Å². The minimum absolute atomic E-state index is 0. The summed E-state index contributed by atoms with van der Waals surface area (Å²) in [4.78, 5) is 9.95. The van der Waals surface area contributed by atoms with E-state index >= 15 is 0 Å². The van der Waals surface area contributed by atoms with Crippen LogP contribution in [-0.2, 0) is 0 Å². The van der Waals surface area contributed by atoms with Crippen molar-refractivity contribution < 1.29 is 17.5 Å². The van der Waals surface area contributed by atoms with Crippen molar-refractivity contribution >= 4 is 43.9 Å². The van der Waals surface area contributed by atoms with E-state index in [1.165, 1.54) is 0 Å². The van der Waals surface area contributed by atoms with Crippen LogP contribution in [0.4, 0.5) is 4.79 Å². The van der Waals surface area contributed by atoms with Gasteiger partial charge in [-0.2, -0.15) is 0 Å². The van der Waals surface area contributed by atoms with Crippen LogP contribution in [0, 0.1) is 0 Å². The largest absolute Gasteiger partial charge is 2.00 e. The van der Waals surface area contributed by atoms with E-state index in [0.717, 1.165) is 0 Å². The summed E-state index contributed by atoms with van der Waals surface area (Å²) in [6, 6.07) is 8.35. The molecule has 4 heteroatoms. The van der Waals surface area contributed by atoms with Crippen LogP contribution < -0.4 is 4.74 Å². The van der Waals surface area contributed by atoms with E-state index in [9.17, 15) is 4.79 Å². The molecule has 0 spiro atoms. The second kappa shape index (κ2) is 5.41. The third kappa shape index (κ3) is 4.24.